The first-order valence-electron chi connectivity index (χ1n) is 10.0. The van der Waals surface area contributed by atoms with E-state index in [0.717, 1.165) is 49.3 Å². The number of hydrogen-bond donors (Lipinski definition) is 2. The molecule has 32 heavy (non-hydrogen) atoms. The molecule has 2 N–H and O–H groups in total. The van der Waals surface area contributed by atoms with Gasteiger partial charge in [-0.1, -0.05) is 46.9 Å². The molecule has 0 saturated carbocycles. The highest BCUT2D eigenvalue weighted by molar-refractivity contribution is 8.15. The number of benzene rings is 3. The van der Waals surface area contributed by atoms with E-state index in [1.54, 1.807) is 12.1 Å². The molecule has 5 rings (SSSR count). The highest BCUT2D eigenvalue weighted by atomic mass is 32.2. The van der Waals surface area contributed by atoms with Gasteiger partial charge < -0.3 is 9.71 Å². The molecule has 0 radical (unpaired) electrons. The average molecular weight is 441 g/mol. The second-order valence-electron chi connectivity index (χ2n) is 7.52. The smallest absolute Gasteiger partial charge is 0.270 e. The average Bonchev–Trinajstić information content (AvgIpc) is 3.13. The lowest BCUT2D eigenvalue weighted by atomic mass is 10.1. The number of aromatic nitrogens is 2. The van der Waals surface area contributed by atoms with Crippen molar-refractivity contribution in [3.63, 3.8) is 0 Å². The molecule has 0 amide bonds. The maximum Gasteiger partial charge on any atom is 0.270 e. The Hall–Kier alpha value is -3.97. The molecule has 0 spiro atoms. The maximum absolute atomic E-state index is 11.1. The Kier molecular flexibility index (Phi) is 4.95. The number of nitro benzene ring substituents is 1. The first kappa shape index (κ1) is 20.0. The number of pyridine rings is 1. The van der Waals surface area contributed by atoms with Gasteiger partial charge >= 0.3 is 0 Å². The van der Waals surface area contributed by atoms with Crippen molar-refractivity contribution in [1.29, 1.82) is 0 Å². The Labute approximate surface area is 187 Å². The van der Waals surface area contributed by atoms with Crippen LogP contribution in [0.25, 0.3) is 33.1 Å². The first-order chi connectivity index (χ1) is 15.5. The molecule has 1 unspecified atom stereocenters. The minimum atomic E-state index is -0.647. The van der Waals surface area contributed by atoms with E-state index in [4.69, 9.17) is 4.98 Å². The van der Waals surface area contributed by atoms with E-state index in [9.17, 15) is 10.1 Å². The zero-order chi connectivity index (χ0) is 22.2. The third-order valence-corrected chi connectivity index (χ3v) is 6.70. The number of H-pyrrole nitrogens is 1. The van der Waals surface area contributed by atoms with E-state index >= 15 is 0 Å². The van der Waals surface area contributed by atoms with E-state index in [0.29, 0.717) is 0 Å². The Morgan fingerprint density at radius 3 is 2.72 bits per heavy atom. The quantitative estimate of drug-likeness (QED) is 0.181. The number of aryl methyl sites for hydroxylation is 1. The van der Waals surface area contributed by atoms with Gasteiger partial charge in [-0.25, -0.2) is 4.98 Å². The molecule has 3 aromatic carbocycles. The van der Waals surface area contributed by atoms with Crippen LogP contribution in [0.1, 0.15) is 5.69 Å². The highest BCUT2D eigenvalue weighted by Gasteiger charge is 2.14. The van der Waals surface area contributed by atoms with Crippen LogP contribution < -0.4 is 4.72 Å². The van der Waals surface area contributed by atoms with Crippen LogP contribution in [0.5, 0.6) is 0 Å². The third-order valence-electron chi connectivity index (χ3n) is 5.39. The Bertz CT molecular complexity index is 1520. The summed E-state index contributed by atoms with van der Waals surface area (Å²) in [4.78, 5) is 19.8. The highest BCUT2D eigenvalue weighted by Crippen LogP contribution is 2.35. The monoisotopic (exact) mass is 440 g/mol. The number of nitrogens with one attached hydrogen (secondary N) is 2. The molecule has 0 fully saturated rings. The summed E-state index contributed by atoms with van der Waals surface area (Å²) in [6.45, 7) is 2.05. The van der Waals surface area contributed by atoms with Crippen molar-refractivity contribution in [1.82, 2.24) is 9.97 Å². The molecule has 5 aromatic rings. The van der Waals surface area contributed by atoms with Crippen LogP contribution in [0.4, 0.5) is 11.4 Å². The van der Waals surface area contributed by atoms with Gasteiger partial charge in [-0.15, -0.1) is 0 Å². The van der Waals surface area contributed by atoms with E-state index in [2.05, 4.69) is 33.8 Å². The minimum absolute atomic E-state index is 0.0619. The molecule has 0 saturated heterocycles. The first-order valence-corrected chi connectivity index (χ1v) is 11.4. The fraction of sp³-hybridized carbons (Fsp3) is 0.0400. The topological polar surface area (TPSA) is 83.8 Å². The lowest BCUT2D eigenvalue weighted by Crippen LogP contribution is -1.93. The Balaban J connectivity index is 1.53. The molecular formula is C25H20N4O2S. The number of hydrogen-bond acceptors (Lipinski definition) is 4. The number of para-hydroxylation sites is 1. The lowest BCUT2D eigenvalue weighted by molar-refractivity contribution is -0.385. The second kappa shape index (κ2) is 7.94. The fourth-order valence-electron chi connectivity index (χ4n) is 3.88. The van der Waals surface area contributed by atoms with Gasteiger partial charge in [-0.2, -0.15) is 0 Å². The third kappa shape index (κ3) is 3.63. The lowest BCUT2D eigenvalue weighted by Gasteiger charge is -2.12. The zero-order valence-electron chi connectivity index (χ0n) is 17.3. The number of rotatable bonds is 5. The van der Waals surface area contributed by atoms with Crippen LogP contribution in [0.2, 0.25) is 0 Å². The molecule has 2 heterocycles. The van der Waals surface area contributed by atoms with Crippen molar-refractivity contribution < 1.29 is 4.92 Å². The van der Waals surface area contributed by atoms with Gasteiger partial charge in [-0.3, -0.25) is 10.1 Å². The summed E-state index contributed by atoms with van der Waals surface area (Å²) >= 11 is 0. The second-order valence-corrected chi connectivity index (χ2v) is 8.98. The summed E-state index contributed by atoms with van der Waals surface area (Å²) in [6, 6.07) is 24.9. The predicted octanol–water partition coefficient (Wildman–Crippen LogP) is 6.69. The summed E-state index contributed by atoms with van der Waals surface area (Å²) in [5, 5.41) is 13.3. The minimum Gasteiger partial charge on any atom is -0.358 e. The van der Waals surface area contributed by atoms with Crippen LogP contribution in [-0.4, -0.2) is 20.8 Å². The summed E-state index contributed by atoms with van der Waals surface area (Å²) in [6.07, 6.45) is 0. The molecule has 7 heteroatoms. The van der Waals surface area contributed by atoms with Gasteiger partial charge in [0.15, 0.2) is 0 Å². The summed E-state index contributed by atoms with van der Waals surface area (Å²) in [7, 11) is -0.647. The predicted molar refractivity (Wildman–Crippen MR) is 133 cm³/mol. The fourth-order valence-corrected chi connectivity index (χ4v) is 4.91. The van der Waals surface area contributed by atoms with E-state index in [1.165, 1.54) is 6.07 Å². The van der Waals surface area contributed by atoms with E-state index in [1.807, 2.05) is 49.4 Å². The van der Waals surface area contributed by atoms with Gasteiger partial charge in [0.2, 0.25) is 0 Å². The molecule has 1 atom stereocenters. The number of nitrogens with zero attached hydrogens (tertiary/aromatic N) is 2. The molecule has 0 bridgehead atoms. The van der Waals surface area contributed by atoms with Crippen molar-refractivity contribution in [2.45, 2.75) is 11.8 Å². The van der Waals surface area contributed by atoms with Gasteiger partial charge in [0, 0.05) is 50.3 Å². The normalized spacial score (nSPS) is 12.2. The standard InChI is InChI=1S/C25H20N4O2S/c1-16-25(24-12-10-17-6-3-4-9-22(17)27-24)21-14-18(11-13-23(21)26-16)28-32(2)20-8-5-7-19(15-20)29(30)31/h3-15,26,28H,2H2,1H3. The molecule has 158 valence electrons. The Morgan fingerprint density at radius 2 is 1.88 bits per heavy atom. The molecule has 0 aliphatic carbocycles. The van der Waals surface area contributed by atoms with Crippen molar-refractivity contribution in [2.75, 3.05) is 4.72 Å². The van der Waals surface area contributed by atoms with Gasteiger partial charge in [0.1, 0.15) is 0 Å². The molecule has 0 aliphatic heterocycles. The largest absolute Gasteiger partial charge is 0.358 e. The summed E-state index contributed by atoms with van der Waals surface area (Å²) < 4.78 is 3.39. The number of anilines is 1. The number of aromatic amines is 1. The summed E-state index contributed by atoms with van der Waals surface area (Å²) in [5.41, 5.74) is 5.96. The van der Waals surface area contributed by atoms with Crippen LogP contribution >= 0.6 is 10.7 Å². The van der Waals surface area contributed by atoms with Gasteiger partial charge in [0.05, 0.1) is 16.1 Å². The number of nitro groups is 1. The van der Waals surface area contributed by atoms with E-state index < -0.39 is 15.6 Å². The van der Waals surface area contributed by atoms with Gasteiger partial charge in [-0.05, 0) is 43.3 Å². The molecule has 2 aromatic heterocycles. The van der Waals surface area contributed by atoms with Crippen LogP contribution in [0.15, 0.2) is 83.8 Å². The SMILES string of the molecule is C=S(Nc1ccc2[nH]c(C)c(-c3ccc4ccccc4n3)c2c1)c1cccc([N+](=O)[O-])c1. The molecule has 0 aliphatic rings. The van der Waals surface area contributed by atoms with Gasteiger partial charge in [0.25, 0.3) is 5.69 Å². The zero-order valence-corrected chi connectivity index (χ0v) is 18.1. The van der Waals surface area contributed by atoms with Crippen molar-refractivity contribution in [2.24, 2.45) is 0 Å². The molecular weight excluding hydrogens is 420 g/mol. The number of fused-ring (bicyclic) bond motifs is 2. The van der Waals surface area contributed by atoms with Crippen LogP contribution in [-0.2, 0) is 0 Å². The maximum atomic E-state index is 11.1. The number of non-ortho nitro benzene ring substituents is 1. The van der Waals surface area contributed by atoms with E-state index in [-0.39, 0.29) is 5.69 Å². The van der Waals surface area contributed by atoms with Crippen molar-refractivity contribution >= 4 is 49.7 Å². The van der Waals surface area contributed by atoms with Crippen molar-refractivity contribution in [3.05, 3.63) is 94.7 Å². The summed E-state index contributed by atoms with van der Waals surface area (Å²) in [5.74, 6) is 4.18. The van der Waals surface area contributed by atoms with Crippen molar-refractivity contribution in [3.8, 4) is 11.3 Å². The van der Waals surface area contributed by atoms with Crippen LogP contribution in [0.3, 0.4) is 0 Å². The van der Waals surface area contributed by atoms with Crippen LogP contribution in [0, 0.1) is 17.0 Å². The Morgan fingerprint density at radius 1 is 1.03 bits per heavy atom. The molecule has 6 nitrogen and oxygen atoms in total.